The number of benzene rings is 1. The summed E-state index contributed by atoms with van der Waals surface area (Å²) in [5.41, 5.74) is 6.48. The van der Waals surface area contributed by atoms with Gasteiger partial charge in [0.1, 0.15) is 6.04 Å². The van der Waals surface area contributed by atoms with E-state index < -0.39 is 27.9 Å². The SMILES string of the molecule is CCOC(=O)[C@H](N)C(C)(C)SC(=O)OCc1oc(=O)oc1-c1ccccc1. The van der Waals surface area contributed by atoms with Crippen LogP contribution in [-0.2, 0) is 20.9 Å². The average molecular weight is 395 g/mol. The molecule has 1 aromatic heterocycles. The summed E-state index contributed by atoms with van der Waals surface area (Å²) in [5, 5.41) is -0.678. The molecule has 9 heteroatoms. The molecule has 0 amide bonds. The first-order chi connectivity index (χ1) is 12.7. The maximum absolute atomic E-state index is 12.2. The van der Waals surface area contributed by atoms with Gasteiger partial charge in [-0.05, 0) is 32.5 Å². The van der Waals surface area contributed by atoms with Crippen LogP contribution < -0.4 is 11.6 Å². The normalized spacial score (nSPS) is 12.4. The van der Waals surface area contributed by atoms with Gasteiger partial charge in [0.25, 0.3) is 0 Å². The molecule has 0 radical (unpaired) electrons. The van der Waals surface area contributed by atoms with E-state index in [1.807, 2.05) is 6.07 Å². The topological polar surface area (TPSA) is 122 Å². The summed E-state index contributed by atoms with van der Waals surface area (Å²) in [6.07, 6.45) is 0. The number of carbonyl (C=O) groups excluding carboxylic acids is 2. The Bertz CT molecular complexity index is 841. The van der Waals surface area contributed by atoms with E-state index in [1.54, 1.807) is 45.0 Å². The van der Waals surface area contributed by atoms with Crippen LogP contribution in [0.25, 0.3) is 11.3 Å². The summed E-state index contributed by atoms with van der Waals surface area (Å²) >= 11 is 0.755. The highest BCUT2D eigenvalue weighted by Crippen LogP contribution is 2.30. The zero-order valence-electron chi connectivity index (χ0n) is 15.2. The molecule has 0 fully saturated rings. The first kappa shape index (κ1) is 20.8. The zero-order valence-corrected chi connectivity index (χ0v) is 16.0. The molecular weight excluding hydrogens is 374 g/mol. The largest absolute Gasteiger partial charge is 0.519 e. The van der Waals surface area contributed by atoms with Crippen LogP contribution in [-0.4, -0.2) is 28.7 Å². The highest BCUT2D eigenvalue weighted by molar-refractivity contribution is 8.14. The van der Waals surface area contributed by atoms with Gasteiger partial charge in [0.2, 0.25) is 0 Å². The van der Waals surface area contributed by atoms with E-state index in [0.717, 1.165) is 11.8 Å². The van der Waals surface area contributed by atoms with Gasteiger partial charge in [0, 0.05) is 10.3 Å². The van der Waals surface area contributed by atoms with E-state index in [1.165, 1.54) is 0 Å². The fourth-order valence-electron chi connectivity index (χ4n) is 2.16. The lowest BCUT2D eigenvalue weighted by molar-refractivity contribution is -0.145. The number of esters is 1. The molecule has 2 rings (SSSR count). The molecule has 0 bridgehead atoms. The second-order valence-corrected chi connectivity index (χ2v) is 7.64. The van der Waals surface area contributed by atoms with Crippen LogP contribution in [0.15, 0.2) is 44.0 Å². The van der Waals surface area contributed by atoms with Crippen LogP contribution in [0.1, 0.15) is 26.5 Å². The Labute approximate surface area is 160 Å². The molecule has 1 atom stereocenters. The molecule has 8 nitrogen and oxygen atoms in total. The first-order valence-electron chi connectivity index (χ1n) is 8.20. The minimum Gasteiger partial charge on any atom is -0.465 e. The van der Waals surface area contributed by atoms with E-state index in [2.05, 4.69) is 0 Å². The smallest absolute Gasteiger partial charge is 0.465 e. The lowest BCUT2D eigenvalue weighted by Gasteiger charge is -2.27. The fraction of sp³-hybridized carbons (Fsp3) is 0.389. The third-order valence-electron chi connectivity index (χ3n) is 3.64. The molecule has 0 unspecified atom stereocenters. The average Bonchev–Trinajstić information content (AvgIpc) is 3.00. The molecule has 1 heterocycles. The van der Waals surface area contributed by atoms with Gasteiger partial charge < -0.3 is 24.0 Å². The number of hydrogen-bond donors (Lipinski definition) is 1. The zero-order chi connectivity index (χ0) is 20.0. The van der Waals surface area contributed by atoms with Crippen molar-refractivity contribution in [1.29, 1.82) is 0 Å². The van der Waals surface area contributed by atoms with Gasteiger partial charge in [-0.25, -0.2) is 9.59 Å². The van der Waals surface area contributed by atoms with Crippen molar-refractivity contribution < 1.29 is 27.9 Å². The monoisotopic (exact) mass is 395 g/mol. The molecule has 0 saturated carbocycles. The third kappa shape index (κ3) is 5.48. The Morgan fingerprint density at radius 3 is 2.48 bits per heavy atom. The molecule has 0 spiro atoms. The second kappa shape index (κ2) is 8.92. The number of rotatable bonds is 7. The van der Waals surface area contributed by atoms with Gasteiger partial charge in [0.15, 0.2) is 18.1 Å². The van der Waals surface area contributed by atoms with Gasteiger partial charge in [-0.15, -0.1) is 0 Å². The van der Waals surface area contributed by atoms with Crippen molar-refractivity contribution in [2.24, 2.45) is 5.73 Å². The molecule has 0 saturated heterocycles. The van der Waals surface area contributed by atoms with Gasteiger partial charge in [-0.2, -0.15) is 0 Å². The number of thioether (sulfide) groups is 1. The van der Waals surface area contributed by atoms with Gasteiger partial charge >= 0.3 is 17.1 Å². The summed E-state index contributed by atoms with van der Waals surface area (Å²) in [6, 6.07) is 7.81. The Kier molecular flexibility index (Phi) is 6.86. The van der Waals surface area contributed by atoms with Crippen molar-refractivity contribution in [3.63, 3.8) is 0 Å². The van der Waals surface area contributed by atoms with Gasteiger partial charge in [0.05, 0.1) is 6.61 Å². The van der Waals surface area contributed by atoms with Crippen LogP contribution in [0.3, 0.4) is 0 Å². The predicted molar refractivity (Wildman–Crippen MR) is 99.1 cm³/mol. The summed E-state index contributed by atoms with van der Waals surface area (Å²) in [7, 11) is 0. The Hall–Kier alpha value is -2.52. The summed E-state index contributed by atoms with van der Waals surface area (Å²) < 4.78 is 19.1. The maximum Gasteiger partial charge on any atom is 0.519 e. The summed E-state index contributed by atoms with van der Waals surface area (Å²) in [5.74, 6) is -1.21. The molecule has 146 valence electrons. The molecule has 0 aliphatic rings. The molecular formula is C18H21NO7S. The number of hydrogen-bond acceptors (Lipinski definition) is 9. The quantitative estimate of drug-likeness (QED) is 0.705. The van der Waals surface area contributed by atoms with E-state index in [-0.39, 0.29) is 24.7 Å². The first-order valence-corrected chi connectivity index (χ1v) is 9.02. The van der Waals surface area contributed by atoms with Crippen molar-refractivity contribution in [3.8, 4) is 11.3 Å². The van der Waals surface area contributed by atoms with Crippen molar-refractivity contribution in [2.75, 3.05) is 6.61 Å². The van der Waals surface area contributed by atoms with E-state index in [0.29, 0.717) is 5.56 Å². The summed E-state index contributed by atoms with van der Waals surface area (Å²) in [6.45, 7) is 4.83. The highest BCUT2D eigenvalue weighted by Gasteiger charge is 2.37. The Morgan fingerprint density at radius 1 is 1.19 bits per heavy atom. The van der Waals surface area contributed by atoms with Crippen LogP contribution in [0.5, 0.6) is 0 Å². The van der Waals surface area contributed by atoms with Crippen LogP contribution in [0, 0.1) is 0 Å². The Balaban J connectivity index is 2.02. The highest BCUT2D eigenvalue weighted by atomic mass is 32.2. The Morgan fingerprint density at radius 2 is 1.85 bits per heavy atom. The lowest BCUT2D eigenvalue weighted by atomic mass is 10.1. The van der Waals surface area contributed by atoms with Crippen molar-refractivity contribution in [3.05, 3.63) is 46.7 Å². The van der Waals surface area contributed by atoms with Gasteiger partial charge in [-0.3, -0.25) is 4.79 Å². The lowest BCUT2D eigenvalue weighted by Crippen LogP contribution is -2.48. The fourth-order valence-corrected chi connectivity index (χ4v) is 2.93. The third-order valence-corrected chi connectivity index (χ3v) is 4.70. The molecule has 0 aliphatic heterocycles. The van der Waals surface area contributed by atoms with Crippen molar-refractivity contribution >= 4 is 23.0 Å². The molecule has 0 aliphatic carbocycles. The van der Waals surface area contributed by atoms with E-state index in [4.69, 9.17) is 24.0 Å². The molecule has 1 aromatic carbocycles. The van der Waals surface area contributed by atoms with Crippen LogP contribution in [0.4, 0.5) is 4.79 Å². The number of nitrogens with two attached hydrogens (primary N) is 1. The van der Waals surface area contributed by atoms with Crippen molar-refractivity contribution in [1.82, 2.24) is 0 Å². The van der Waals surface area contributed by atoms with Crippen LogP contribution >= 0.6 is 11.8 Å². The predicted octanol–water partition coefficient (Wildman–Crippen LogP) is 2.94. The second-order valence-electron chi connectivity index (χ2n) is 6.05. The summed E-state index contributed by atoms with van der Waals surface area (Å²) in [4.78, 5) is 35.4. The van der Waals surface area contributed by atoms with E-state index >= 15 is 0 Å². The van der Waals surface area contributed by atoms with E-state index in [9.17, 15) is 14.4 Å². The maximum atomic E-state index is 12.2. The number of carbonyl (C=O) groups is 2. The minimum atomic E-state index is -1.01. The van der Waals surface area contributed by atoms with Gasteiger partial charge in [-0.1, -0.05) is 30.3 Å². The minimum absolute atomic E-state index is 0.0904. The molecule has 2 N–H and O–H groups in total. The van der Waals surface area contributed by atoms with Crippen LogP contribution in [0.2, 0.25) is 0 Å². The molecule has 2 aromatic rings. The number of ether oxygens (including phenoxy) is 2. The van der Waals surface area contributed by atoms with Crippen molar-refractivity contribution in [2.45, 2.75) is 38.2 Å². The molecule has 27 heavy (non-hydrogen) atoms. The standard InChI is InChI=1S/C18H21NO7S/c1-4-23-15(20)14(19)18(2,3)27-17(22)24-10-12-13(26-16(21)25-12)11-8-6-5-7-9-11/h5-9,14H,4,10,19H2,1-3H3/t14-/m0/s1.